The number of amides is 1. The van der Waals surface area contributed by atoms with Gasteiger partial charge in [0.2, 0.25) is 0 Å². The van der Waals surface area contributed by atoms with E-state index in [4.69, 9.17) is 4.74 Å². The van der Waals surface area contributed by atoms with Gasteiger partial charge in [0.1, 0.15) is 0 Å². The van der Waals surface area contributed by atoms with E-state index in [-0.39, 0.29) is 5.91 Å². The van der Waals surface area contributed by atoms with Crippen LogP contribution in [0.1, 0.15) is 23.2 Å². The maximum Gasteiger partial charge on any atom is 0.253 e. The zero-order chi connectivity index (χ0) is 13.2. The molecule has 3 rings (SSSR count). The smallest absolute Gasteiger partial charge is 0.253 e. The fourth-order valence-corrected chi connectivity index (χ4v) is 2.55. The molecule has 5 nitrogen and oxygen atoms in total. The average molecular weight is 259 g/mol. The van der Waals surface area contributed by atoms with Gasteiger partial charge in [-0.2, -0.15) is 0 Å². The highest BCUT2D eigenvalue weighted by Crippen LogP contribution is 2.18. The molecular weight excluding hydrogens is 242 g/mol. The van der Waals surface area contributed by atoms with Crippen LogP contribution in [0, 0.1) is 0 Å². The summed E-state index contributed by atoms with van der Waals surface area (Å²) in [5, 5.41) is 0. The van der Waals surface area contributed by atoms with Crippen molar-refractivity contribution in [1.29, 1.82) is 0 Å². The van der Waals surface area contributed by atoms with Crippen LogP contribution < -0.4 is 0 Å². The second kappa shape index (κ2) is 5.01. The zero-order valence-corrected chi connectivity index (χ0v) is 10.9. The number of ether oxygens (including phenoxy) is 1. The number of H-pyrrole nitrogens is 1. The Morgan fingerprint density at radius 3 is 2.95 bits per heavy atom. The van der Waals surface area contributed by atoms with Crippen LogP contribution in [0.4, 0.5) is 0 Å². The van der Waals surface area contributed by atoms with Crippen LogP contribution in [0.25, 0.3) is 11.0 Å². The molecule has 1 aromatic heterocycles. The van der Waals surface area contributed by atoms with Crippen molar-refractivity contribution in [2.24, 2.45) is 0 Å². The molecule has 0 aliphatic carbocycles. The molecule has 5 heteroatoms. The minimum absolute atomic E-state index is 0.0889. The number of piperidine rings is 1. The molecular formula is C14H17N3O2. The average Bonchev–Trinajstić information content (AvgIpc) is 2.94. The predicted molar refractivity (Wildman–Crippen MR) is 72.0 cm³/mol. The molecule has 0 atom stereocenters. The van der Waals surface area contributed by atoms with Crippen molar-refractivity contribution < 1.29 is 9.53 Å². The van der Waals surface area contributed by atoms with E-state index >= 15 is 0 Å². The van der Waals surface area contributed by atoms with Crippen molar-refractivity contribution in [3.05, 3.63) is 30.1 Å². The third-order valence-electron chi connectivity index (χ3n) is 3.73. The lowest BCUT2D eigenvalue weighted by Gasteiger charge is -2.31. The molecule has 0 radical (unpaired) electrons. The minimum atomic E-state index is 0.0889. The maximum atomic E-state index is 12.4. The molecule has 1 fully saturated rings. The fourth-order valence-electron chi connectivity index (χ4n) is 2.55. The van der Waals surface area contributed by atoms with E-state index in [2.05, 4.69) is 9.97 Å². The molecule has 1 N–H and O–H groups in total. The highest BCUT2D eigenvalue weighted by molar-refractivity contribution is 5.97. The van der Waals surface area contributed by atoms with Crippen LogP contribution in [-0.4, -0.2) is 47.1 Å². The largest absolute Gasteiger partial charge is 0.381 e. The normalized spacial score (nSPS) is 17.0. The molecule has 1 aromatic carbocycles. The van der Waals surface area contributed by atoms with E-state index in [0.717, 1.165) is 37.0 Å². The predicted octanol–water partition coefficient (Wildman–Crippen LogP) is 1.81. The molecule has 0 saturated carbocycles. The lowest BCUT2D eigenvalue weighted by molar-refractivity contribution is 0.0351. The Kier molecular flexibility index (Phi) is 3.21. The molecule has 1 aliphatic heterocycles. The van der Waals surface area contributed by atoms with Crippen LogP contribution in [0.15, 0.2) is 24.5 Å². The second-order valence-electron chi connectivity index (χ2n) is 4.86. The van der Waals surface area contributed by atoms with Gasteiger partial charge in [-0.15, -0.1) is 0 Å². The number of carbonyl (C=O) groups excluding carboxylic acids is 1. The number of rotatable bonds is 2. The summed E-state index contributed by atoms with van der Waals surface area (Å²) in [6.45, 7) is 1.52. The van der Waals surface area contributed by atoms with Crippen molar-refractivity contribution in [2.75, 3.05) is 20.2 Å². The van der Waals surface area contributed by atoms with Gasteiger partial charge in [0.05, 0.1) is 23.5 Å². The third kappa shape index (κ3) is 2.33. The quantitative estimate of drug-likeness (QED) is 0.895. The number of benzene rings is 1. The second-order valence-corrected chi connectivity index (χ2v) is 4.86. The summed E-state index contributed by atoms with van der Waals surface area (Å²) in [6, 6.07) is 5.59. The first-order chi connectivity index (χ1) is 9.28. The van der Waals surface area contributed by atoms with Crippen LogP contribution >= 0.6 is 0 Å². The summed E-state index contributed by atoms with van der Waals surface area (Å²) < 4.78 is 5.32. The Balaban J connectivity index is 1.76. The summed E-state index contributed by atoms with van der Waals surface area (Å²) in [6.07, 6.45) is 3.76. The Hall–Kier alpha value is -1.88. The number of nitrogens with one attached hydrogen (secondary N) is 1. The van der Waals surface area contributed by atoms with Gasteiger partial charge < -0.3 is 14.6 Å². The van der Waals surface area contributed by atoms with Gasteiger partial charge in [0, 0.05) is 25.8 Å². The first kappa shape index (κ1) is 12.2. The SMILES string of the molecule is COC1CCN(C(=O)c2ccc3nc[nH]c3c2)CC1. The number of aromatic nitrogens is 2. The standard InChI is InChI=1S/C14H17N3O2/c1-19-11-4-6-17(7-5-11)14(18)10-2-3-12-13(8-10)16-9-15-12/h2-3,8-9,11H,4-7H2,1H3,(H,15,16). The Morgan fingerprint density at radius 1 is 1.42 bits per heavy atom. The Morgan fingerprint density at radius 2 is 2.21 bits per heavy atom. The van der Waals surface area contributed by atoms with Crippen LogP contribution in [-0.2, 0) is 4.74 Å². The summed E-state index contributed by atoms with van der Waals surface area (Å²) in [5.41, 5.74) is 2.50. The van der Waals surface area contributed by atoms with Crippen molar-refractivity contribution >= 4 is 16.9 Å². The number of fused-ring (bicyclic) bond motifs is 1. The fraction of sp³-hybridized carbons (Fsp3) is 0.429. The number of hydrogen-bond acceptors (Lipinski definition) is 3. The van der Waals surface area contributed by atoms with Gasteiger partial charge in [0.15, 0.2) is 0 Å². The van der Waals surface area contributed by atoms with Gasteiger partial charge in [-0.05, 0) is 31.0 Å². The number of imidazole rings is 1. The lowest BCUT2D eigenvalue weighted by Crippen LogP contribution is -2.40. The molecule has 2 heterocycles. The number of methoxy groups -OCH3 is 1. The molecule has 0 unspecified atom stereocenters. The summed E-state index contributed by atoms with van der Waals surface area (Å²) >= 11 is 0. The molecule has 1 aliphatic rings. The molecule has 2 aromatic rings. The maximum absolute atomic E-state index is 12.4. The van der Waals surface area contributed by atoms with Gasteiger partial charge in [-0.25, -0.2) is 4.98 Å². The minimum Gasteiger partial charge on any atom is -0.381 e. The van der Waals surface area contributed by atoms with Crippen LogP contribution in [0.2, 0.25) is 0 Å². The van der Waals surface area contributed by atoms with Crippen LogP contribution in [0.3, 0.4) is 0 Å². The molecule has 1 saturated heterocycles. The van der Waals surface area contributed by atoms with Gasteiger partial charge >= 0.3 is 0 Å². The Labute approximate surface area is 111 Å². The molecule has 0 bridgehead atoms. The number of likely N-dealkylation sites (tertiary alicyclic amines) is 1. The topological polar surface area (TPSA) is 58.2 Å². The highest BCUT2D eigenvalue weighted by Gasteiger charge is 2.23. The third-order valence-corrected chi connectivity index (χ3v) is 3.73. The number of nitrogens with zero attached hydrogens (tertiary/aromatic N) is 2. The summed E-state index contributed by atoms with van der Waals surface area (Å²) in [4.78, 5) is 21.5. The van der Waals surface area contributed by atoms with E-state index < -0.39 is 0 Å². The molecule has 0 spiro atoms. The zero-order valence-electron chi connectivity index (χ0n) is 10.9. The van der Waals surface area contributed by atoms with Gasteiger partial charge in [0.25, 0.3) is 5.91 Å². The van der Waals surface area contributed by atoms with Gasteiger partial charge in [-0.3, -0.25) is 4.79 Å². The van der Waals surface area contributed by atoms with E-state index in [0.29, 0.717) is 11.7 Å². The van der Waals surface area contributed by atoms with E-state index in [1.54, 1.807) is 13.4 Å². The molecule has 1 amide bonds. The highest BCUT2D eigenvalue weighted by atomic mass is 16.5. The number of aromatic amines is 1. The van der Waals surface area contributed by atoms with Crippen molar-refractivity contribution in [1.82, 2.24) is 14.9 Å². The summed E-state index contributed by atoms with van der Waals surface area (Å²) in [7, 11) is 1.73. The first-order valence-electron chi connectivity index (χ1n) is 6.53. The molecule has 100 valence electrons. The lowest BCUT2D eigenvalue weighted by atomic mass is 10.1. The first-order valence-corrected chi connectivity index (χ1v) is 6.53. The van der Waals surface area contributed by atoms with Crippen molar-refractivity contribution in [3.63, 3.8) is 0 Å². The van der Waals surface area contributed by atoms with Crippen molar-refractivity contribution in [2.45, 2.75) is 18.9 Å². The van der Waals surface area contributed by atoms with E-state index in [1.165, 1.54) is 0 Å². The number of hydrogen-bond donors (Lipinski definition) is 1. The summed E-state index contributed by atoms with van der Waals surface area (Å²) in [5.74, 6) is 0.0889. The Bertz CT molecular complexity index is 585. The van der Waals surface area contributed by atoms with E-state index in [1.807, 2.05) is 23.1 Å². The van der Waals surface area contributed by atoms with Crippen molar-refractivity contribution in [3.8, 4) is 0 Å². The van der Waals surface area contributed by atoms with Crippen LogP contribution in [0.5, 0.6) is 0 Å². The number of carbonyl (C=O) groups is 1. The van der Waals surface area contributed by atoms with Gasteiger partial charge in [-0.1, -0.05) is 0 Å². The van der Waals surface area contributed by atoms with E-state index in [9.17, 15) is 4.79 Å². The monoisotopic (exact) mass is 259 g/mol. The molecule has 19 heavy (non-hydrogen) atoms.